The van der Waals surface area contributed by atoms with Gasteiger partial charge < -0.3 is 14.2 Å². The van der Waals surface area contributed by atoms with E-state index in [-0.39, 0.29) is 31.1 Å². The molecule has 1 atom stereocenters. The van der Waals surface area contributed by atoms with Crippen molar-refractivity contribution in [1.29, 1.82) is 0 Å². The maximum Gasteiger partial charge on any atom is 0.306 e. The summed E-state index contributed by atoms with van der Waals surface area (Å²) in [6, 6.07) is 0. The molecule has 6 nitrogen and oxygen atoms in total. The van der Waals surface area contributed by atoms with Crippen molar-refractivity contribution in [3.63, 3.8) is 0 Å². The van der Waals surface area contributed by atoms with Gasteiger partial charge in [-0.1, -0.05) is 316 Å². The molecule has 0 bridgehead atoms. The Hall–Kier alpha value is -4.19. The van der Waals surface area contributed by atoms with Crippen LogP contribution in [0, 0.1) is 0 Å². The normalized spacial score (nSPS) is 12.9. The van der Waals surface area contributed by atoms with E-state index in [0.29, 0.717) is 19.3 Å². The second-order valence-corrected chi connectivity index (χ2v) is 22.7. The first-order chi connectivity index (χ1) is 40.5. The molecular weight excluding hydrogens is 1010 g/mol. The minimum atomic E-state index is -0.788. The highest BCUT2D eigenvalue weighted by molar-refractivity contribution is 5.71. The maximum atomic E-state index is 12.9. The fraction of sp³-hybridized carbons (Fsp3) is 0.697. The minimum Gasteiger partial charge on any atom is -0.462 e. The van der Waals surface area contributed by atoms with Crippen LogP contribution in [0.1, 0.15) is 323 Å². The van der Waals surface area contributed by atoms with Crippen LogP contribution in [0.25, 0.3) is 0 Å². The van der Waals surface area contributed by atoms with E-state index in [1.165, 1.54) is 141 Å². The Labute approximate surface area is 507 Å². The van der Waals surface area contributed by atoms with Gasteiger partial charge in [0.1, 0.15) is 13.2 Å². The molecule has 0 aliphatic rings. The fourth-order valence-electron chi connectivity index (χ4n) is 9.62. The lowest BCUT2D eigenvalue weighted by Crippen LogP contribution is -2.30. The molecule has 0 radical (unpaired) electrons. The summed E-state index contributed by atoms with van der Waals surface area (Å²) in [4.78, 5) is 38.3. The molecule has 0 aliphatic carbocycles. The third kappa shape index (κ3) is 66.6. The van der Waals surface area contributed by atoms with E-state index >= 15 is 0 Å². The summed E-state index contributed by atoms with van der Waals surface area (Å²) in [6.45, 7) is 6.43. The van der Waals surface area contributed by atoms with Gasteiger partial charge in [-0.05, 0) is 109 Å². The maximum absolute atomic E-state index is 12.9. The van der Waals surface area contributed by atoms with Crippen LogP contribution in [-0.4, -0.2) is 37.2 Å². The van der Waals surface area contributed by atoms with Crippen molar-refractivity contribution in [2.45, 2.75) is 329 Å². The molecular formula is C76H128O6. The Morgan fingerprint density at radius 2 is 0.476 bits per heavy atom. The molecule has 1 unspecified atom stereocenters. The van der Waals surface area contributed by atoms with Crippen LogP contribution in [0.5, 0.6) is 0 Å². The molecule has 0 amide bonds. The van der Waals surface area contributed by atoms with Gasteiger partial charge in [0.05, 0.1) is 0 Å². The number of hydrogen-bond acceptors (Lipinski definition) is 6. The number of ether oxygens (including phenoxy) is 3. The number of esters is 3. The first-order valence-corrected chi connectivity index (χ1v) is 34.5. The topological polar surface area (TPSA) is 78.9 Å². The molecule has 0 N–H and O–H groups in total. The van der Waals surface area contributed by atoms with Gasteiger partial charge in [-0.2, -0.15) is 0 Å². The van der Waals surface area contributed by atoms with Gasteiger partial charge in [0, 0.05) is 19.3 Å². The van der Waals surface area contributed by atoms with Gasteiger partial charge in [-0.3, -0.25) is 14.4 Å². The van der Waals surface area contributed by atoms with Crippen LogP contribution < -0.4 is 0 Å². The molecule has 0 aliphatic heterocycles. The van der Waals surface area contributed by atoms with Crippen molar-refractivity contribution >= 4 is 17.9 Å². The molecule has 0 aromatic heterocycles. The standard InChI is InChI=1S/C76H128O6/c1-4-7-10-13-16-19-22-25-28-29-30-31-32-33-34-35-36-37-38-39-40-41-42-43-44-45-46-47-49-51-54-57-60-63-66-69-75(78)81-72-73(71-80-74(77)68-65-62-59-56-53-50-27-24-21-18-15-12-9-6-3)82-76(79)70-67-64-61-58-55-52-48-26-23-20-17-14-11-8-5-2/h7-8,10-11,16-17,19-20,25-26,28,30-31,33-34,36-37,39-40,48,73H,4-6,9,12-15,18,21-24,27,29,32,35,38,41-47,49-72H2,1-3H3/b10-7-,11-8-,19-16-,20-17-,28-25-,31-30-,34-33-,37-36-,40-39-,48-26-. The van der Waals surface area contributed by atoms with E-state index in [0.717, 1.165) is 141 Å². The Morgan fingerprint density at radius 1 is 0.256 bits per heavy atom. The van der Waals surface area contributed by atoms with E-state index in [1.807, 2.05) is 0 Å². The summed E-state index contributed by atoms with van der Waals surface area (Å²) in [5.41, 5.74) is 0. The Balaban J connectivity index is 4.20. The highest BCUT2D eigenvalue weighted by Crippen LogP contribution is 2.17. The first-order valence-electron chi connectivity index (χ1n) is 34.5. The lowest BCUT2D eigenvalue weighted by Gasteiger charge is -2.18. The van der Waals surface area contributed by atoms with Crippen LogP contribution in [0.4, 0.5) is 0 Å². The smallest absolute Gasteiger partial charge is 0.306 e. The van der Waals surface area contributed by atoms with E-state index < -0.39 is 6.10 Å². The van der Waals surface area contributed by atoms with Gasteiger partial charge in [-0.15, -0.1) is 0 Å². The average Bonchev–Trinajstić information content (AvgIpc) is 3.48. The second-order valence-electron chi connectivity index (χ2n) is 22.7. The molecule has 0 aromatic rings. The summed E-state index contributed by atoms with van der Waals surface area (Å²) in [5, 5.41) is 0. The van der Waals surface area contributed by atoms with Crippen molar-refractivity contribution in [2.75, 3.05) is 13.2 Å². The zero-order chi connectivity index (χ0) is 59.2. The monoisotopic (exact) mass is 1140 g/mol. The number of allylic oxidation sites excluding steroid dienone is 20. The highest BCUT2D eigenvalue weighted by Gasteiger charge is 2.19. The zero-order valence-electron chi connectivity index (χ0n) is 53.7. The van der Waals surface area contributed by atoms with Gasteiger partial charge in [-0.25, -0.2) is 0 Å². The molecule has 0 saturated heterocycles. The Morgan fingerprint density at radius 3 is 0.744 bits per heavy atom. The zero-order valence-corrected chi connectivity index (χ0v) is 53.7. The van der Waals surface area contributed by atoms with Crippen molar-refractivity contribution in [2.24, 2.45) is 0 Å². The number of rotatable bonds is 62. The van der Waals surface area contributed by atoms with E-state index in [2.05, 4.69) is 142 Å². The Bertz CT molecular complexity index is 1690. The second kappa shape index (κ2) is 69.3. The molecule has 0 fully saturated rings. The minimum absolute atomic E-state index is 0.0825. The van der Waals surface area contributed by atoms with Crippen LogP contribution in [0.15, 0.2) is 122 Å². The lowest BCUT2D eigenvalue weighted by molar-refractivity contribution is -0.167. The molecule has 0 rings (SSSR count). The van der Waals surface area contributed by atoms with E-state index in [4.69, 9.17) is 14.2 Å². The lowest BCUT2D eigenvalue weighted by atomic mass is 10.0. The Kier molecular flexibility index (Phi) is 65.8. The summed E-state index contributed by atoms with van der Waals surface area (Å²) in [7, 11) is 0. The SMILES string of the molecule is CC/C=C\C/C=C\C/C=C\C/C=C\C/C=C\C/C=C\C/C=C\CCCCCCCCCCCCCCCC(=O)OCC(COC(=O)CCCCCCCCCCCCCCCC)OC(=O)CCCCCCC/C=C\C/C=C\C/C=C\CC. The van der Waals surface area contributed by atoms with Crippen LogP contribution in [-0.2, 0) is 28.6 Å². The van der Waals surface area contributed by atoms with E-state index in [9.17, 15) is 14.4 Å². The van der Waals surface area contributed by atoms with Crippen molar-refractivity contribution in [1.82, 2.24) is 0 Å². The number of hydrogen-bond donors (Lipinski definition) is 0. The predicted octanol–water partition coefficient (Wildman–Crippen LogP) is 23.9. The van der Waals surface area contributed by atoms with Crippen molar-refractivity contribution in [3.05, 3.63) is 122 Å². The predicted molar refractivity (Wildman–Crippen MR) is 357 cm³/mol. The summed E-state index contributed by atoms with van der Waals surface area (Å²) >= 11 is 0. The molecule has 468 valence electrons. The van der Waals surface area contributed by atoms with Gasteiger partial charge >= 0.3 is 17.9 Å². The fourth-order valence-corrected chi connectivity index (χ4v) is 9.62. The van der Waals surface area contributed by atoms with Gasteiger partial charge in [0.2, 0.25) is 0 Å². The van der Waals surface area contributed by atoms with Crippen LogP contribution in [0.2, 0.25) is 0 Å². The summed E-state index contributed by atoms with van der Waals surface area (Å²) in [5.74, 6) is -0.890. The van der Waals surface area contributed by atoms with Gasteiger partial charge in [0.25, 0.3) is 0 Å². The van der Waals surface area contributed by atoms with E-state index in [1.54, 1.807) is 0 Å². The highest BCUT2D eigenvalue weighted by atomic mass is 16.6. The molecule has 6 heteroatoms. The number of carbonyl (C=O) groups is 3. The molecule has 0 aromatic carbocycles. The van der Waals surface area contributed by atoms with Crippen molar-refractivity contribution in [3.8, 4) is 0 Å². The number of carbonyl (C=O) groups excluding carboxylic acids is 3. The summed E-state index contributed by atoms with van der Waals surface area (Å²) in [6.07, 6.45) is 96.5. The summed E-state index contributed by atoms with van der Waals surface area (Å²) < 4.78 is 16.9. The largest absolute Gasteiger partial charge is 0.462 e. The first kappa shape index (κ1) is 77.8. The molecule has 0 saturated carbocycles. The third-order valence-corrected chi connectivity index (χ3v) is 14.7. The van der Waals surface area contributed by atoms with Crippen LogP contribution in [0.3, 0.4) is 0 Å². The van der Waals surface area contributed by atoms with Gasteiger partial charge in [0.15, 0.2) is 6.10 Å². The van der Waals surface area contributed by atoms with Crippen molar-refractivity contribution < 1.29 is 28.6 Å². The molecule has 0 spiro atoms. The molecule has 82 heavy (non-hydrogen) atoms. The van der Waals surface area contributed by atoms with Crippen LogP contribution >= 0.6 is 0 Å². The average molecular weight is 1140 g/mol. The quantitative estimate of drug-likeness (QED) is 0.0261. The third-order valence-electron chi connectivity index (χ3n) is 14.7. The molecule has 0 heterocycles. The number of unbranched alkanes of at least 4 members (excludes halogenated alkanes) is 31.